The zero-order chi connectivity index (χ0) is 40.3. The fraction of sp³-hybridized carbons (Fsp3) is 0.340. The van der Waals surface area contributed by atoms with Crippen LogP contribution in [0.3, 0.4) is 0 Å². The molecule has 0 spiro atoms. The summed E-state index contributed by atoms with van der Waals surface area (Å²) in [7, 11) is 2.12. The van der Waals surface area contributed by atoms with Gasteiger partial charge in [0.15, 0.2) is 0 Å². The Labute approximate surface area is 343 Å². The smallest absolute Gasteiger partial charge is 0.253 e. The largest absolute Gasteiger partial charge is 0.374 e. The minimum Gasteiger partial charge on any atom is -0.374 e. The number of rotatable bonds is 9. The van der Waals surface area contributed by atoms with Crippen molar-refractivity contribution in [1.82, 2.24) is 34.9 Å². The number of hydrogen-bond acceptors (Lipinski definition) is 8. The Morgan fingerprint density at radius 2 is 1.76 bits per heavy atom. The molecule has 59 heavy (non-hydrogen) atoms. The van der Waals surface area contributed by atoms with E-state index >= 15 is 0 Å². The first-order valence-corrected chi connectivity index (χ1v) is 20.6. The van der Waals surface area contributed by atoms with Gasteiger partial charge in [-0.2, -0.15) is 5.10 Å². The zero-order valence-corrected chi connectivity index (χ0v) is 33.2. The first-order chi connectivity index (χ1) is 28.8. The molecule has 0 radical (unpaired) electrons. The Hall–Kier alpha value is -6.29. The van der Waals surface area contributed by atoms with E-state index in [1.165, 1.54) is 22.2 Å². The summed E-state index contributed by atoms with van der Waals surface area (Å²) in [5, 5.41) is 15.1. The number of H-pyrrole nitrogens is 1. The van der Waals surface area contributed by atoms with Crippen molar-refractivity contribution in [2.45, 2.75) is 63.1 Å². The summed E-state index contributed by atoms with van der Waals surface area (Å²) < 4.78 is 8.30. The van der Waals surface area contributed by atoms with Gasteiger partial charge in [-0.15, -0.1) is 0 Å². The lowest BCUT2D eigenvalue weighted by Crippen LogP contribution is -2.47. The van der Waals surface area contributed by atoms with E-state index in [1.807, 2.05) is 53.7 Å². The fourth-order valence-corrected chi connectivity index (χ4v) is 8.76. The predicted octanol–water partition coefficient (Wildman–Crippen LogP) is 6.39. The highest BCUT2D eigenvalue weighted by Crippen LogP contribution is 2.33. The van der Waals surface area contributed by atoms with Crippen LogP contribution in [0.2, 0.25) is 0 Å². The third-order valence-electron chi connectivity index (χ3n) is 12.2. The van der Waals surface area contributed by atoms with Crippen molar-refractivity contribution in [3.63, 3.8) is 0 Å². The number of piperidine rings is 3. The lowest BCUT2D eigenvalue weighted by Gasteiger charge is -2.33. The van der Waals surface area contributed by atoms with E-state index in [4.69, 9.17) is 9.72 Å². The second-order valence-electron chi connectivity index (χ2n) is 16.0. The molecule has 1 unspecified atom stereocenters. The quantitative estimate of drug-likeness (QED) is 0.113. The van der Waals surface area contributed by atoms with Gasteiger partial charge in [-0.25, -0.2) is 4.98 Å². The standard InChI is InChI=1S/C47H48N8O4/c1-53-38(28-41-40(15-20-48-45(41)53)35-11-12-42-36(27-35)29-49-52-42)30-54-21-16-33(17-22-54)32-7-9-34(10-8-32)47(58)55-23-18-39(19-24-55)59-25-3-5-31-4-2-6-37(26-31)50-43-13-14-44(56)51-46(43)57/h2,4,6-12,15,20,26-29,33,39,43,50H,13-14,16-19,21-25,30H2,1H3,(H,49,52)(H,51,56,57). The number of carbonyl (C=O) groups excluding carboxylic acids is 3. The molecule has 3 aromatic carbocycles. The van der Waals surface area contributed by atoms with E-state index in [9.17, 15) is 14.4 Å². The van der Waals surface area contributed by atoms with E-state index in [1.54, 1.807) is 0 Å². The predicted molar refractivity (Wildman–Crippen MR) is 227 cm³/mol. The van der Waals surface area contributed by atoms with Gasteiger partial charge in [0.2, 0.25) is 11.8 Å². The van der Waals surface area contributed by atoms with Crippen LogP contribution in [-0.2, 0) is 27.9 Å². The van der Waals surface area contributed by atoms with Crippen LogP contribution in [0.25, 0.3) is 33.1 Å². The Morgan fingerprint density at radius 3 is 2.58 bits per heavy atom. The zero-order valence-electron chi connectivity index (χ0n) is 33.2. The normalized spacial score (nSPS) is 18.2. The number of amides is 3. The van der Waals surface area contributed by atoms with Crippen LogP contribution in [0, 0.1) is 11.8 Å². The number of carbonyl (C=O) groups is 3. The second-order valence-corrected chi connectivity index (χ2v) is 16.0. The number of nitrogens with one attached hydrogen (secondary N) is 3. The molecular formula is C47H48N8O4. The van der Waals surface area contributed by atoms with Gasteiger partial charge in [-0.3, -0.25) is 29.7 Å². The van der Waals surface area contributed by atoms with Crippen molar-refractivity contribution in [1.29, 1.82) is 0 Å². The summed E-state index contributed by atoms with van der Waals surface area (Å²) in [6, 6.07) is 26.3. The van der Waals surface area contributed by atoms with Crippen LogP contribution in [0.15, 0.2) is 91.3 Å². The summed E-state index contributed by atoms with van der Waals surface area (Å²) in [6.45, 7) is 4.52. The number of anilines is 1. The maximum Gasteiger partial charge on any atom is 0.253 e. The lowest BCUT2D eigenvalue weighted by atomic mass is 9.89. The minimum atomic E-state index is -0.441. The number of likely N-dealkylation sites (tertiary alicyclic amines) is 2. The third-order valence-corrected chi connectivity index (χ3v) is 12.2. The molecule has 3 aromatic heterocycles. The first kappa shape index (κ1) is 38.2. The Bertz CT molecular complexity index is 2570. The topological polar surface area (TPSA) is 137 Å². The summed E-state index contributed by atoms with van der Waals surface area (Å²) in [5.74, 6) is 6.26. The minimum absolute atomic E-state index is 0.0560. The van der Waals surface area contributed by atoms with E-state index in [-0.39, 0.29) is 23.8 Å². The molecule has 0 aliphatic carbocycles. The molecule has 12 heteroatoms. The fourth-order valence-electron chi connectivity index (χ4n) is 8.76. The molecule has 0 bridgehead atoms. The first-order valence-electron chi connectivity index (χ1n) is 20.6. The number of aromatic amines is 1. The summed E-state index contributed by atoms with van der Waals surface area (Å²) in [4.78, 5) is 46.2. The molecule has 3 aliphatic heterocycles. The van der Waals surface area contributed by atoms with Gasteiger partial charge in [0.1, 0.15) is 18.3 Å². The second kappa shape index (κ2) is 16.9. The Morgan fingerprint density at radius 1 is 0.932 bits per heavy atom. The number of pyridine rings is 1. The Balaban J connectivity index is 0.725. The maximum absolute atomic E-state index is 13.5. The van der Waals surface area contributed by atoms with Crippen molar-refractivity contribution < 1.29 is 19.1 Å². The highest BCUT2D eigenvalue weighted by molar-refractivity contribution is 6.01. The SMILES string of the molecule is Cn1c(CN2CCC(c3ccc(C(=O)N4CCC(OCC#Cc5cccc(NC6CCC(=O)NC6=O)c5)CC4)cc3)CC2)cc2c(-c3ccc4[nH]ncc4c3)ccnc21. The molecule has 3 aliphatic rings. The number of benzene rings is 3. The lowest BCUT2D eigenvalue weighted by molar-refractivity contribution is -0.133. The van der Waals surface area contributed by atoms with Crippen molar-refractivity contribution in [2.75, 3.05) is 38.1 Å². The van der Waals surface area contributed by atoms with Crippen LogP contribution in [-0.4, -0.2) is 92.2 Å². The third kappa shape index (κ3) is 8.49. The summed E-state index contributed by atoms with van der Waals surface area (Å²) in [5.41, 5.74) is 9.27. The van der Waals surface area contributed by atoms with Gasteiger partial charge in [0, 0.05) is 72.6 Å². The number of imide groups is 1. The van der Waals surface area contributed by atoms with Gasteiger partial charge in [0.25, 0.3) is 5.91 Å². The van der Waals surface area contributed by atoms with Crippen LogP contribution in [0.5, 0.6) is 0 Å². The number of nitrogens with zero attached hydrogens (tertiary/aromatic N) is 5. The number of aryl methyl sites for hydroxylation is 1. The van der Waals surface area contributed by atoms with Gasteiger partial charge in [-0.05, 0) is 122 Å². The average molecular weight is 789 g/mol. The van der Waals surface area contributed by atoms with E-state index in [0.717, 1.165) is 84.2 Å². The van der Waals surface area contributed by atoms with Crippen molar-refractivity contribution in [2.24, 2.45) is 7.05 Å². The molecule has 3 N–H and O–H groups in total. The van der Waals surface area contributed by atoms with Crippen LogP contribution in [0.4, 0.5) is 5.69 Å². The van der Waals surface area contributed by atoms with E-state index < -0.39 is 6.04 Å². The van der Waals surface area contributed by atoms with Crippen molar-refractivity contribution >= 4 is 45.3 Å². The number of ether oxygens (including phenoxy) is 1. The molecule has 6 heterocycles. The van der Waals surface area contributed by atoms with Crippen molar-refractivity contribution in [3.05, 3.63) is 114 Å². The van der Waals surface area contributed by atoms with Gasteiger partial charge in [0.05, 0.1) is 17.8 Å². The number of aromatic nitrogens is 4. The summed E-state index contributed by atoms with van der Waals surface area (Å²) >= 11 is 0. The Kier molecular flexibility index (Phi) is 11.0. The summed E-state index contributed by atoms with van der Waals surface area (Å²) in [6.07, 6.45) is 8.32. The monoisotopic (exact) mass is 788 g/mol. The highest BCUT2D eigenvalue weighted by Gasteiger charge is 2.27. The molecule has 1 atom stereocenters. The molecule has 6 aromatic rings. The molecule has 300 valence electrons. The highest BCUT2D eigenvalue weighted by atomic mass is 16.5. The van der Waals surface area contributed by atoms with Gasteiger partial charge in [-0.1, -0.05) is 36.1 Å². The molecule has 3 fully saturated rings. The molecule has 3 saturated heterocycles. The van der Waals surface area contributed by atoms with E-state index in [2.05, 4.69) is 91.7 Å². The van der Waals surface area contributed by atoms with Crippen molar-refractivity contribution in [3.8, 4) is 23.0 Å². The van der Waals surface area contributed by atoms with Gasteiger partial charge >= 0.3 is 0 Å². The van der Waals surface area contributed by atoms with Crippen LogP contribution < -0.4 is 10.6 Å². The molecule has 0 saturated carbocycles. The van der Waals surface area contributed by atoms with E-state index in [0.29, 0.717) is 38.5 Å². The maximum atomic E-state index is 13.5. The molecule has 9 rings (SSSR count). The van der Waals surface area contributed by atoms with Gasteiger partial charge < -0.3 is 19.5 Å². The molecule has 3 amide bonds. The molecular weight excluding hydrogens is 741 g/mol. The number of fused-ring (bicyclic) bond motifs is 2. The molecule has 12 nitrogen and oxygen atoms in total. The average Bonchev–Trinajstić information content (AvgIpc) is 3.87. The van der Waals surface area contributed by atoms with Crippen LogP contribution >= 0.6 is 0 Å². The number of hydrogen-bond donors (Lipinski definition) is 3. The van der Waals surface area contributed by atoms with Crippen LogP contribution in [0.1, 0.15) is 71.6 Å².